The molecule has 0 atom stereocenters. The Hall–Kier alpha value is -0.740. The van der Waals surface area contributed by atoms with Gasteiger partial charge < -0.3 is 10.2 Å². The second-order valence-electron chi connectivity index (χ2n) is 4.89. The van der Waals surface area contributed by atoms with Crippen molar-refractivity contribution in [2.45, 2.75) is 29.8 Å². The Morgan fingerprint density at radius 2 is 1.50 bits per heavy atom. The maximum atomic E-state index is 9.71. The van der Waals surface area contributed by atoms with Gasteiger partial charge in [0.2, 0.25) is 0 Å². The highest BCUT2D eigenvalue weighted by Crippen LogP contribution is 2.61. The van der Waals surface area contributed by atoms with E-state index in [1.807, 2.05) is 23.5 Å². The van der Waals surface area contributed by atoms with E-state index in [0.717, 1.165) is 5.56 Å². The largest absolute Gasteiger partial charge is 0.508 e. The summed E-state index contributed by atoms with van der Waals surface area (Å²) in [6.07, 6.45) is 5.05. The highest BCUT2D eigenvalue weighted by molar-refractivity contribution is 8.22. The molecule has 0 bridgehead atoms. The SMILES string of the molecule is Oc1cc(O)cc(C2(C3CCCC3)SC=CS2)c1. The predicted octanol–water partition coefficient (Wildman–Crippen LogP) is 4.39. The minimum Gasteiger partial charge on any atom is -0.508 e. The van der Waals surface area contributed by atoms with Gasteiger partial charge in [-0.05, 0) is 47.3 Å². The second kappa shape index (κ2) is 4.74. The molecule has 4 heteroatoms. The van der Waals surface area contributed by atoms with Gasteiger partial charge >= 0.3 is 0 Å². The van der Waals surface area contributed by atoms with Crippen LogP contribution in [0.3, 0.4) is 0 Å². The molecule has 18 heavy (non-hydrogen) atoms. The summed E-state index contributed by atoms with van der Waals surface area (Å²) < 4.78 is -0.0489. The number of aromatic hydroxyl groups is 2. The van der Waals surface area contributed by atoms with Crippen LogP contribution in [0.5, 0.6) is 11.5 Å². The van der Waals surface area contributed by atoms with Crippen LogP contribution >= 0.6 is 23.5 Å². The normalized spacial score (nSPS) is 22.7. The van der Waals surface area contributed by atoms with Gasteiger partial charge in [-0.15, -0.1) is 23.5 Å². The van der Waals surface area contributed by atoms with E-state index in [4.69, 9.17) is 0 Å². The maximum absolute atomic E-state index is 9.71. The third-order valence-corrected chi connectivity index (χ3v) is 6.87. The van der Waals surface area contributed by atoms with E-state index in [-0.39, 0.29) is 15.6 Å². The van der Waals surface area contributed by atoms with Crippen LogP contribution in [0.4, 0.5) is 0 Å². The van der Waals surface area contributed by atoms with Crippen molar-refractivity contribution >= 4 is 23.5 Å². The van der Waals surface area contributed by atoms with E-state index in [1.54, 1.807) is 12.1 Å². The van der Waals surface area contributed by atoms with E-state index in [9.17, 15) is 10.2 Å². The molecule has 3 rings (SSSR count). The molecule has 96 valence electrons. The molecule has 1 saturated carbocycles. The summed E-state index contributed by atoms with van der Waals surface area (Å²) in [6.45, 7) is 0. The lowest BCUT2D eigenvalue weighted by atomic mass is 9.96. The Balaban J connectivity index is 2.03. The molecule has 1 aliphatic carbocycles. The van der Waals surface area contributed by atoms with Gasteiger partial charge in [0.15, 0.2) is 0 Å². The smallest absolute Gasteiger partial charge is 0.119 e. The van der Waals surface area contributed by atoms with Crippen LogP contribution in [-0.2, 0) is 4.08 Å². The van der Waals surface area contributed by atoms with Gasteiger partial charge in [-0.2, -0.15) is 0 Å². The third-order valence-electron chi connectivity index (χ3n) is 3.74. The first-order valence-corrected chi connectivity index (χ1v) is 8.01. The average Bonchev–Trinajstić information content (AvgIpc) is 3.00. The molecule has 2 N–H and O–H groups in total. The van der Waals surface area contributed by atoms with Crippen LogP contribution in [0.15, 0.2) is 29.0 Å². The van der Waals surface area contributed by atoms with Crippen LogP contribution < -0.4 is 0 Å². The van der Waals surface area contributed by atoms with Gasteiger partial charge in [0.1, 0.15) is 11.5 Å². The zero-order valence-electron chi connectivity index (χ0n) is 10.0. The minimum atomic E-state index is -0.0489. The Labute approximate surface area is 115 Å². The van der Waals surface area contributed by atoms with Crippen molar-refractivity contribution in [3.05, 3.63) is 34.6 Å². The first-order chi connectivity index (χ1) is 8.71. The topological polar surface area (TPSA) is 40.5 Å². The fourth-order valence-electron chi connectivity index (χ4n) is 2.95. The Morgan fingerprint density at radius 3 is 2.06 bits per heavy atom. The maximum Gasteiger partial charge on any atom is 0.119 e. The van der Waals surface area contributed by atoms with Crippen LogP contribution in [-0.4, -0.2) is 10.2 Å². The molecule has 2 nitrogen and oxygen atoms in total. The molecular formula is C14H16O2S2. The van der Waals surface area contributed by atoms with Crippen molar-refractivity contribution in [1.29, 1.82) is 0 Å². The summed E-state index contributed by atoms with van der Waals surface area (Å²) in [5.41, 5.74) is 1.03. The van der Waals surface area contributed by atoms with Crippen molar-refractivity contribution in [2.75, 3.05) is 0 Å². The molecule has 0 spiro atoms. The number of rotatable bonds is 2. The lowest BCUT2D eigenvalue weighted by molar-refractivity contribution is 0.444. The fourth-order valence-corrected chi connectivity index (χ4v) is 5.72. The summed E-state index contributed by atoms with van der Waals surface area (Å²) in [4.78, 5) is 0. The lowest BCUT2D eigenvalue weighted by Gasteiger charge is -2.34. The first kappa shape index (κ1) is 12.3. The van der Waals surface area contributed by atoms with Gasteiger partial charge in [0.25, 0.3) is 0 Å². The van der Waals surface area contributed by atoms with E-state index in [1.165, 1.54) is 31.7 Å². The highest BCUT2D eigenvalue weighted by Gasteiger charge is 2.44. The number of hydrogen-bond acceptors (Lipinski definition) is 4. The first-order valence-electron chi connectivity index (χ1n) is 6.25. The molecule has 0 saturated heterocycles. The quantitative estimate of drug-likeness (QED) is 0.843. The van der Waals surface area contributed by atoms with Crippen molar-refractivity contribution in [3.63, 3.8) is 0 Å². The van der Waals surface area contributed by atoms with Crippen LogP contribution in [0, 0.1) is 5.92 Å². The van der Waals surface area contributed by atoms with Crippen LogP contribution in [0.25, 0.3) is 0 Å². The Morgan fingerprint density at radius 1 is 0.944 bits per heavy atom. The average molecular weight is 280 g/mol. The molecule has 1 aliphatic heterocycles. The third kappa shape index (κ3) is 2.01. The summed E-state index contributed by atoms with van der Waals surface area (Å²) in [6, 6.07) is 4.99. The molecule has 2 aliphatic rings. The van der Waals surface area contributed by atoms with E-state index in [0.29, 0.717) is 5.92 Å². The Bertz CT molecular complexity index is 450. The minimum absolute atomic E-state index is 0.0489. The molecule has 0 radical (unpaired) electrons. The van der Waals surface area contributed by atoms with E-state index in [2.05, 4.69) is 10.8 Å². The van der Waals surface area contributed by atoms with Gasteiger partial charge in [-0.25, -0.2) is 0 Å². The number of hydrogen-bond donors (Lipinski definition) is 2. The monoisotopic (exact) mass is 280 g/mol. The summed E-state index contributed by atoms with van der Waals surface area (Å²) >= 11 is 3.64. The number of phenolic OH excluding ortho intramolecular Hbond substituents is 2. The summed E-state index contributed by atoms with van der Waals surface area (Å²) in [5, 5.41) is 23.7. The molecule has 1 aromatic rings. The summed E-state index contributed by atoms with van der Waals surface area (Å²) in [7, 11) is 0. The zero-order valence-corrected chi connectivity index (χ0v) is 11.6. The second-order valence-corrected chi connectivity index (χ2v) is 7.46. The molecule has 1 aromatic carbocycles. The summed E-state index contributed by atoms with van der Waals surface area (Å²) in [5.74, 6) is 0.912. The highest BCUT2D eigenvalue weighted by atomic mass is 32.2. The van der Waals surface area contributed by atoms with Gasteiger partial charge in [-0.1, -0.05) is 12.8 Å². The van der Waals surface area contributed by atoms with Crippen LogP contribution in [0.2, 0.25) is 0 Å². The van der Waals surface area contributed by atoms with E-state index >= 15 is 0 Å². The standard InChI is InChI=1S/C14H16O2S2/c15-12-7-11(8-13(16)9-12)14(17-5-6-18-14)10-3-1-2-4-10/h5-10,15-16H,1-4H2. The molecule has 0 unspecified atom stereocenters. The number of phenols is 2. The molecule has 0 aromatic heterocycles. The lowest BCUT2D eigenvalue weighted by Crippen LogP contribution is -2.24. The molecule has 1 fully saturated rings. The predicted molar refractivity (Wildman–Crippen MR) is 77.7 cm³/mol. The van der Waals surface area contributed by atoms with Crippen molar-refractivity contribution in [2.24, 2.45) is 5.92 Å². The van der Waals surface area contributed by atoms with Crippen molar-refractivity contribution < 1.29 is 10.2 Å². The van der Waals surface area contributed by atoms with E-state index < -0.39 is 0 Å². The van der Waals surface area contributed by atoms with Gasteiger partial charge in [-0.3, -0.25) is 0 Å². The molecular weight excluding hydrogens is 264 g/mol. The van der Waals surface area contributed by atoms with Crippen LogP contribution in [0.1, 0.15) is 31.2 Å². The molecule has 0 amide bonds. The van der Waals surface area contributed by atoms with Gasteiger partial charge in [0, 0.05) is 6.07 Å². The van der Waals surface area contributed by atoms with Gasteiger partial charge in [0.05, 0.1) is 4.08 Å². The number of thioether (sulfide) groups is 2. The molecule has 1 heterocycles. The van der Waals surface area contributed by atoms with Crippen molar-refractivity contribution in [3.8, 4) is 11.5 Å². The fraction of sp³-hybridized carbons (Fsp3) is 0.429. The van der Waals surface area contributed by atoms with Crippen molar-refractivity contribution in [1.82, 2.24) is 0 Å². The Kier molecular flexibility index (Phi) is 3.24. The zero-order chi connectivity index (χ0) is 12.6. The number of benzene rings is 1.